The van der Waals surface area contributed by atoms with Crippen molar-refractivity contribution >= 4 is 39.5 Å². The van der Waals surface area contributed by atoms with Crippen LogP contribution in [0.25, 0.3) is 21.7 Å². The number of nitrogens with one attached hydrogen (secondary N) is 1. The van der Waals surface area contributed by atoms with Crippen molar-refractivity contribution in [3.8, 4) is 0 Å². The van der Waals surface area contributed by atoms with Crippen LogP contribution < -0.4 is 5.32 Å². The minimum absolute atomic E-state index is 0.302. The van der Waals surface area contributed by atoms with Crippen LogP contribution in [-0.2, 0) is 10.3 Å². The van der Waals surface area contributed by atoms with Crippen LogP contribution in [0.15, 0.2) is 77.2 Å². The van der Waals surface area contributed by atoms with Crippen LogP contribution >= 0.6 is 0 Å². The van der Waals surface area contributed by atoms with Crippen molar-refractivity contribution < 1.29 is 18.8 Å². The van der Waals surface area contributed by atoms with Gasteiger partial charge in [-0.1, -0.05) is 60.7 Å². The number of furan rings is 1. The Morgan fingerprint density at radius 2 is 1.67 bits per heavy atom. The summed E-state index contributed by atoms with van der Waals surface area (Å²) in [4.78, 5) is 39.7. The lowest BCUT2D eigenvalue weighted by Crippen LogP contribution is -2.41. The number of fused-ring (bicyclic) bond motifs is 2. The van der Waals surface area contributed by atoms with E-state index in [9.17, 15) is 14.4 Å². The first-order chi connectivity index (χ1) is 14.5. The fourth-order valence-corrected chi connectivity index (χ4v) is 3.93. The summed E-state index contributed by atoms with van der Waals surface area (Å²) in [5, 5.41) is 5.24. The second-order valence-electron chi connectivity index (χ2n) is 7.54. The van der Waals surface area contributed by atoms with Gasteiger partial charge in [-0.3, -0.25) is 14.5 Å². The summed E-state index contributed by atoms with van der Waals surface area (Å²) in [5.74, 6) is -0.480. The van der Waals surface area contributed by atoms with Crippen molar-refractivity contribution in [2.45, 2.75) is 12.5 Å². The van der Waals surface area contributed by atoms with Gasteiger partial charge in [0.1, 0.15) is 11.3 Å². The van der Waals surface area contributed by atoms with Crippen LogP contribution in [0.5, 0.6) is 0 Å². The monoisotopic (exact) mass is 398 g/mol. The first-order valence-electron chi connectivity index (χ1n) is 9.61. The molecule has 0 bridgehead atoms. The van der Waals surface area contributed by atoms with Crippen LogP contribution in [-0.4, -0.2) is 29.2 Å². The fourth-order valence-electron chi connectivity index (χ4n) is 3.93. The number of carbonyl (C=O) groups is 3. The number of hydrogen-bond donors (Lipinski definition) is 1. The zero-order chi connectivity index (χ0) is 20.9. The molecule has 0 spiro atoms. The molecule has 1 aromatic heterocycles. The van der Waals surface area contributed by atoms with E-state index in [-0.39, 0.29) is 12.3 Å². The molecule has 3 aromatic carbocycles. The molecular formula is C24H18N2O4. The number of carbonyl (C=O) groups excluding carboxylic acids is 3. The predicted octanol–water partition coefficient (Wildman–Crippen LogP) is 4.24. The summed E-state index contributed by atoms with van der Waals surface area (Å²) in [6.07, 6.45) is 0. The summed E-state index contributed by atoms with van der Waals surface area (Å²) in [5.41, 5.74) is -0.262. The van der Waals surface area contributed by atoms with Gasteiger partial charge in [0.15, 0.2) is 11.3 Å². The molecule has 4 aromatic rings. The van der Waals surface area contributed by atoms with Crippen molar-refractivity contribution in [2.75, 3.05) is 6.54 Å². The molecule has 1 unspecified atom stereocenters. The van der Waals surface area contributed by atoms with E-state index < -0.39 is 17.5 Å². The van der Waals surface area contributed by atoms with Gasteiger partial charge in [-0.25, -0.2) is 4.79 Å². The average molecular weight is 398 g/mol. The van der Waals surface area contributed by atoms with Crippen molar-refractivity contribution in [1.29, 1.82) is 0 Å². The Labute approximate surface area is 172 Å². The van der Waals surface area contributed by atoms with Gasteiger partial charge in [0.25, 0.3) is 5.91 Å². The van der Waals surface area contributed by atoms with Gasteiger partial charge in [-0.2, -0.15) is 0 Å². The number of para-hydroxylation sites is 1. The SMILES string of the molecule is CC1(c2cc3ccccc3o2)NC(=O)N(CC(=O)c2cccc3ccccc23)C1=O. The van der Waals surface area contributed by atoms with Crippen molar-refractivity contribution in [2.24, 2.45) is 0 Å². The molecule has 6 heteroatoms. The lowest BCUT2D eigenvalue weighted by Gasteiger charge is -2.19. The van der Waals surface area contributed by atoms with E-state index >= 15 is 0 Å². The van der Waals surface area contributed by atoms with Crippen LogP contribution in [0, 0.1) is 0 Å². The van der Waals surface area contributed by atoms with Crippen molar-refractivity contribution in [1.82, 2.24) is 10.2 Å². The van der Waals surface area contributed by atoms with Crippen LogP contribution in [0.1, 0.15) is 23.0 Å². The summed E-state index contributed by atoms with van der Waals surface area (Å²) in [7, 11) is 0. The largest absolute Gasteiger partial charge is 0.458 e. The number of hydrogen-bond acceptors (Lipinski definition) is 4. The molecule has 5 rings (SSSR count). The molecule has 1 saturated heterocycles. The maximum Gasteiger partial charge on any atom is 0.325 e. The summed E-state index contributed by atoms with van der Waals surface area (Å²) in [6.45, 7) is 1.25. The molecule has 1 fully saturated rings. The third-order valence-corrected chi connectivity index (χ3v) is 5.59. The van der Waals surface area contributed by atoms with Crippen molar-refractivity contribution in [3.05, 3.63) is 84.1 Å². The highest BCUT2D eigenvalue weighted by molar-refractivity contribution is 6.14. The molecule has 1 N–H and O–H groups in total. The van der Waals surface area contributed by atoms with Gasteiger partial charge >= 0.3 is 6.03 Å². The van der Waals surface area contributed by atoms with Crippen LogP contribution in [0.3, 0.4) is 0 Å². The van der Waals surface area contributed by atoms with Gasteiger partial charge in [0.2, 0.25) is 0 Å². The van der Waals surface area contributed by atoms with Gasteiger partial charge in [-0.15, -0.1) is 0 Å². The van der Waals surface area contributed by atoms with Crippen LogP contribution in [0.2, 0.25) is 0 Å². The zero-order valence-electron chi connectivity index (χ0n) is 16.2. The molecule has 1 aliphatic rings. The number of amides is 3. The lowest BCUT2D eigenvalue weighted by atomic mass is 9.98. The molecule has 0 radical (unpaired) electrons. The average Bonchev–Trinajstić information content (AvgIpc) is 3.29. The number of urea groups is 1. The number of ketones is 1. The smallest absolute Gasteiger partial charge is 0.325 e. The lowest BCUT2D eigenvalue weighted by molar-refractivity contribution is -0.131. The van der Waals surface area contributed by atoms with Crippen molar-refractivity contribution in [3.63, 3.8) is 0 Å². The minimum atomic E-state index is -1.37. The number of Topliss-reactive ketones (excluding diaryl/α,β-unsaturated/α-hetero) is 1. The first-order valence-corrected chi connectivity index (χ1v) is 9.61. The molecule has 0 aliphatic carbocycles. The Balaban J connectivity index is 1.46. The van der Waals surface area contributed by atoms with E-state index in [1.165, 1.54) is 0 Å². The second kappa shape index (κ2) is 6.56. The number of imide groups is 1. The third kappa shape index (κ3) is 2.69. The molecule has 148 valence electrons. The quantitative estimate of drug-likeness (QED) is 0.412. The summed E-state index contributed by atoms with van der Waals surface area (Å²) < 4.78 is 5.82. The molecule has 3 amide bonds. The number of benzene rings is 3. The highest BCUT2D eigenvalue weighted by Crippen LogP contribution is 2.33. The molecular weight excluding hydrogens is 380 g/mol. The fraction of sp³-hybridized carbons (Fsp3) is 0.125. The summed E-state index contributed by atoms with van der Waals surface area (Å²) >= 11 is 0. The Bertz CT molecular complexity index is 1300. The molecule has 2 heterocycles. The van der Waals surface area contributed by atoms with Gasteiger partial charge < -0.3 is 9.73 Å². The highest BCUT2D eigenvalue weighted by Gasteiger charge is 2.51. The Kier molecular flexibility index (Phi) is 3.96. The summed E-state index contributed by atoms with van der Waals surface area (Å²) in [6, 6.07) is 21.4. The Morgan fingerprint density at radius 1 is 0.967 bits per heavy atom. The molecule has 1 atom stereocenters. The van der Waals surface area contributed by atoms with Gasteiger partial charge in [-0.05, 0) is 29.8 Å². The van der Waals surface area contributed by atoms with Crippen LogP contribution in [0.4, 0.5) is 4.79 Å². The molecule has 30 heavy (non-hydrogen) atoms. The second-order valence-corrected chi connectivity index (χ2v) is 7.54. The topological polar surface area (TPSA) is 79.6 Å². The van der Waals surface area contributed by atoms with Gasteiger partial charge in [0.05, 0.1) is 6.54 Å². The van der Waals surface area contributed by atoms with E-state index in [0.717, 1.165) is 21.1 Å². The minimum Gasteiger partial charge on any atom is -0.458 e. The Morgan fingerprint density at radius 3 is 2.47 bits per heavy atom. The van der Waals surface area contributed by atoms with E-state index in [1.807, 2.05) is 48.5 Å². The molecule has 1 aliphatic heterocycles. The maximum absolute atomic E-state index is 13.2. The van der Waals surface area contributed by atoms with Gasteiger partial charge in [0, 0.05) is 10.9 Å². The van der Waals surface area contributed by atoms with E-state index in [4.69, 9.17) is 4.42 Å². The van der Waals surface area contributed by atoms with E-state index in [0.29, 0.717) is 16.9 Å². The Hall–Kier alpha value is -3.93. The predicted molar refractivity (Wildman–Crippen MR) is 112 cm³/mol. The number of rotatable bonds is 4. The van der Waals surface area contributed by atoms with E-state index in [1.54, 1.807) is 31.2 Å². The first kappa shape index (κ1) is 18.1. The zero-order valence-corrected chi connectivity index (χ0v) is 16.2. The normalized spacial score (nSPS) is 18.9. The highest BCUT2D eigenvalue weighted by atomic mass is 16.3. The third-order valence-electron chi connectivity index (χ3n) is 5.59. The molecule has 0 saturated carbocycles. The molecule has 6 nitrogen and oxygen atoms in total. The van der Waals surface area contributed by atoms with E-state index in [2.05, 4.69) is 5.32 Å². The number of nitrogens with zero attached hydrogens (tertiary/aromatic N) is 1. The standard InChI is InChI=1S/C24H18N2O4/c1-24(21-13-16-8-3-5-12-20(16)30-21)22(28)26(23(29)25-24)14-19(27)18-11-6-9-15-7-2-4-10-17(15)18/h2-13H,14H2,1H3,(H,25,29). The maximum atomic E-state index is 13.2.